The van der Waals surface area contributed by atoms with E-state index >= 15 is 0 Å². The molecule has 0 aliphatic heterocycles. The highest BCUT2D eigenvalue weighted by Gasteiger charge is 2.36. The lowest BCUT2D eigenvalue weighted by Crippen LogP contribution is -2.30. The zero-order chi connectivity index (χ0) is 36.3. The highest BCUT2D eigenvalue weighted by atomic mass is 127. The first-order valence-corrected chi connectivity index (χ1v) is 21.9. The van der Waals surface area contributed by atoms with Crippen LogP contribution in [-0.4, -0.2) is 26.4 Å². The molecule has 5 rings (SSSR count). The molecule has 0 aromatic heterocycles. The first-order chi connectivity index (χ1) is 23.7. The standard InChI is InChI=1S/C37H28I6O6S/c38-25-11-20(10-24(32(25)44)36(48)49-18-19-4-2-1-3-5-19)6-8-37(22-14-28(41)34(46)29(42)15-22,23-16-30(43)35(47)31(50)17-23)9-7-21-12-26(39)33(45)27(40)13-21/h1-5,10-17,44-47,50H,6-9,18H2. The molecule has 0 aliphatic carbocycles. The molecule has 1 atom stereocenters. The number of hydrogen-bond donors (Lipinski definition) is 5. The van der Waals surface area contributed by atoms with Crippen LogP contribution in [0.5, 0.6) is 23.0 Å². The summed E-state index contributed by atoms with van der Waals surface area (Å²) in [6.45, 7) is 0.0852. The van der Waals surface area contributed by atoms with Crippen molar-refractivity contribution in [3.8, 4) is 23.0 Å². The number of ether oxygens (including phenoxy) is 1. The number of hydrogen-bond acceptors (Lipinski definition) is 7. The van der Waals surface area contributed by atoms with E-state index in [0.29, 0.717) is 44.9 Å². The monoisotopic (exact) mass is 1360 g/mol. The maximum Gasteiger partial charge on any atom is 0.342 e. The van der Waals surface area contributed by atoms with Crippen molar-refractivity contribution in [3.63, 3.8) is 0 Å². The Labute approximate surface area is 377 Å². The maximum absolute atomic E-state index is 13.3. The van der Waals surface area contributed by atoms with Crippen molar-refractivity contribution in [3.05, 3.63) is 134 Å². The van der Waals surface area contributed by atoms with E-state index < -0.39 is 11.4 Å². The molecule has 0 bridgehead atoms. The van der Waals surface area contributed by atoms with Gasteiger partial charge in [0.2, 0.25) is 0 Å². The van der Waals surface area contributed by atoms with E-state index in [2.05, 4.69) is 126 Å². The van der Waals surface area contributed by atoms with Gasteiger partial charge in [0, 0.05) is 10.3 Å². The van der Waals surface area contributed by atoms with Crippen LogP contribution in [0, 0.1) is 21.4 Å². The average Bonchev–Trinajstić information content (AvgIpc) is 3.09. The van der Waals surface area contributed by atoms with Gasteiger partial charge in [-0.05, 0) is 238 Å². The number of rotatable bonds is 11. The lowest BCUT2D eigenvalue weighted by Gasteiger charge is -2.37. The van der Waals surface area contributed by atoms with Crippen molar-refractivity contribution in [1.82, 2.24) is 0 Å². The zero-order valence-corrected chi connectivity index (χ0v) is 39.7. The van der Waals surface area contributed by atoms with E-state index in [-0.39, 0.29) is 35.2 Å². The molecule has 260 valence electrons. The number of carbonyl (C=O) groups excluding carboxylic acids is 1. The van der Waals surface area contributed by atoms with Crippen LogP contribution >= 0.6 is 148 Å². The van der Waals surface area contributed by atoms with Crippen LogP contribution in [0.25, 0.3) is 0 Å². The third kappa shape index (κ3) is 9.41. The Kier molecular flexibility index (Phi) is 14.4. The first-order valence-electron chi connectivity index (χ1n) is 15.0. The van der Waals surface area contributed by atoms with Crippen LogP contribution in [0.3, 0.4) is 0 Å². The predicted molar refractivity (Wildman–Crippen MR) is 249 cm³/mol. The maximum atomic E-state index is 13.3. The Morgan fingerprint density at radius 2 is 1.02 bits per heavy atom. The molecule has 0 aliphatic rings. The van der Waals surface area contributed by atoms with Crippen LogP contribution in [-0.2, 0) is 29.6 Å². The summed E-state index contributed by atoms with van der Waals surface area (Å²) < 4.78 is 9.76. The fourth-order valence-corrected chi connectivity index (χ4v) is 11.3. The van der Waals surface area contributed by atoms with Crippen molar-refractivity contribution in [2.45, 2.75) is 42.6 Å². The van der Waals surface area contributed by atoms with Crippen LogP contribution in [0.1, 0.15) is 51.0 Å². The number of thiol groups is 1. The molecule has 50 heavy (non-hydrogen) atoms. The predicted octanol–water partition coefficient (Wildman–Crippen LogP) is 11.3. The van der Waals surface area contributed by atoms with Gasteiger partial charge in [-0.3, -0.25) is 0 Å². The molecule has 0 radical (unpaired) electrons. The Hall–Kier alpha value is -0.500. The number of esters is 1. The van der Waals surface area contributed by atoms with Crippen LogP contribution < -0.4 is 0 Å². The molecule has 1 unspecified atom stereocenters. The molecule has 6 nitrogen and oxygen atoms in total. The Bertz CT molecular complexity index is 1950. The lowest BCUT2D eigenvalue weighted by atomic mass is 9.67. The minimum Gasteiger partial charge on any atom is -0.506 e. The summed E-state index contributed by atoms with van der Waals surface area (Å²) in [4.78, 5) is 13.7. The molecular formula is C37H28I6O6S. The molecule has 0 fully saturated rings. The molecule has 5 aromatic rings. The summed E-state index contributed by atoms with van der Waals surface area (Å²) in [5.74, 6) is -0.143. The normalized spacial score (nSPS) is 12.5. The van der Waals surface area contributed by atoms with E-state index in [1.165, 1.54) is 0 Å². The van der Waals surface area contributed by atoms with E-state index in [9.17, 15) is 25.2 Å². The largest absolute Gasteiger partial charge is 0.506 e. The lowest BCUT2D eigenvalue weighted by molar-refractivity contribution is 0.0469. The number of halogens is 6. The summed E-state index contributed by atoms with van der Waals surface area (Å²) in [5.41, 5.74) is 4.13. The van der Waals surface area contributed by atoms with Gasteiger partial charge in [-0.2, -0.15) is 0 Å². The van der Waals surface area contributed by atoms with Gasteiger partial charge in [0.15, 0.2) is 0 Å². The van der Waals surface area contributed by atoms with Gasteiger partial charge in [0.1, 0.15) is 35.2 Å². The molecule has 0 amide bonds. The number of carbonyl (C=O) groups is 1. The fourth-order valence-electron chi connectivity index (χ4n) is 5.81. The summed E-state index contributed by atoms with van der Waals surface area (Å²) in [7, 11) is 0. The van der Waals surface area contributed by atoms with E-state index in [4.69, 9.17) is 4.74 Å². The molecule has 0 saturated carbocycles. The Morgan fingerprint density at radius 3 is 1.54 bits per heavy atom. The second-order valence-electron chi connectivity index (χ2n) is 11.6. The summed E-state index contributed by atoms with van der Waals surface area (Å²) >= 11 is 17.4. The van der Waals surface area contributed by atoms with E-state index in [0.717, 1.165) is 35.0 Å². The van der Waals surface area contributed by atoms with Gasteiger partial charge in [-0.1, -0.05) is 30.3 Å². The molecule has 0 heterocycles. The number of benzene rings is 5. The average molecular weight is 1360 g/mol. The fraction of sp³-hybridized carbons (Fsp3) is 0.162. The van der Waals surface area contributed by atoms with Crippen molar-refractivity contribution >= 4 is 154 Å². The van der Waals surface area contributed by atoms with Crippen molar-refractivity contribution in [1.29, 1.82) is 0 Å². The highest BCUT2D eigenvalue weighted by molar-refractivity contribution is 14.1. The molecule has 0 saturated heterocycles. The highest BCUT2D eigenvalue weighted by Crippen LogP contribution is 2.46. The number of aromatic hydroxyl groups is 4. The van der Waals surface area contributed by atoms with Gasteiger partial charge in [-0.25, -0.2) is 4.79 Å². The molecular weight excluding hydrogens is 1330 g/mol. The summed E-state index contributed by atoms with van der Waals surface area (Å²) in [6, 6.07) is 24.9. The quantitative estimate of drug-likeness (QED) is 0.0512. The van der Waals surface area contributed by atoms with Crippen LogP contribution in [0.4, 0.5) is 0 Å². The second kappa shape index (κ2) is 17.8. The SMILES string of the molecule is O=C(OCc1ccccc1)c1cc(CCC(CCc2cc(I)c(O)c(I)c2)(c2cc(S)c(O)c(I)c2)c2cc(I)c(O)c(I)c2)cc(I)c1O. The second-order valence-corrected chi connectivity index (χ2v) is 19.1. The minimum absolute atomic E-state index is 0.0852. The first kappa shape index (κ1) is 40.7. The number of phenolic OH excluding ortho intramolecular Hbond substituents is 4. The van der Waals surface area contributed by atoms with Crippen LogP contribution in [0.2, 0.25) is 0 Å². The number of phenols is 4. The van der Waals surface area contributed by atoms with Crippen molar-refractivity contribution in [2.24, 2.45) is 0 Å². The van der Waals surface area contributed by atoms with E-state index in [1.807, 2.05) is 95.4 Å². The van der Waals surface area contributed by atoms with E-state index in [1.54, 1.807) is 6.07 Å². The number of aryl methyl sites for hydroxylation is 2. The topological polar surface area (TPSA) is 107 Å². The van der Waals surface area contributed by atoms with Crippen LogP contribution in [0.15, 0.2) is 83.8 Å². The molecule has 4 N–H and O–H groups in total. The smallest absolute Gasteiger partial charge is 0.342 e. The molecule has 0 spiro atoms. The van der Waals surface area contributed by atoms with Gasteiger partial charge >= 0.3 is 5.97 Å². The third-order valence-electron chi connectivity index (χ3n) is 8.48. The Balaban J connectivity index is 1.61. The molecule has 13 heteroatoms. The van der Waals surface area contributed by atoms with Gasteiger partial charge in [0.05, 0.1) is 21.4 Å². The van der Waals surface area contributed by atoms with Crippen molar-refractivity contribution in [2.75, 3.05) is 0 Å². The third-order valence-corrected chi connectivity index (χ3v) is 13.8. The van der Waals surface area contributed by atoms with Gasteiger partial charge < -0.3 is 25.2 Å². The summed E-state index contributed by atoms with van der Waals surface area (Å²) in [6.07, 6.45) is 2.39. The molecule has 5 aromatic carbocycles. The zero-order valence-electron chi connectivity index (χ0n) is 25.9. The minimum atomic E-state index is -0.662. The Morgan fingerprint density at radius 1 is 0.580 bits per heavy atom. The van der Waals surface area contributed by atoms with Gasteiger partial charge in [-0.15, -0.1) is 12.6 Å². The van der Waals surface area contributed by atoms with Crippen molar-refractivity contribution < 1.29 is 30.0 Å². The summed E-state index contributed by atoms with van der Waals surface area (Å²) in [5, 5.41) is 42.9. The van der Waals surface area contributed by atoms with Gasteiger partial charge in [0.25, 0.3) is 0 Å².